The molecule has 0 aromatic carbocycles. The quantitative estimate of drug-likeness (QED) is 0.887. The Kier molecular flexibility index (Phi) is 3.25. The van der Waals surface area contributed by atoms with Gasteiger partial charge in [-0.1, -0.05) is 18.9 Å². The molecule has 1 saturated carbocycles. The summed E-state index contributed by atoms with van der Waals surface area (Å²) < 4.78 is 0. The van der Waals surface area contributed by atoms with Crippen LogP contribution in [-0.2, 0) is 6.54 Å². The van der Waals surface area contributed by atoms with Crippen molar-refractivity contribution in [3.8, 4) is 0 Å². The van der Waals surface area contributed by atoms with Gasteiger partial charge in [0.05, 0.1) is 0 Å². The minimum Gasteiger partial charge on any atom is -0.373 e. The Morgan fingerprint density at radius 3 is 2.94 bits per heavy atom. The van der Waals surface area contributed by atoms with Crippen molar-refractivity contribution < 1.29 is 0 Å². The van der Waals surface area contributed by atoms with Gasteiger partial charge in [-0.25, -0.2) is 4.98 Å². The molecule has 18 heavy (non-hydrogen) atoms. The second kappa shape index (κ2) is 4.88. The highest BCUT2D eigenvalue weighted by Gasteiger charge is 2.39. The second-order valence-electron chi connectivity index (χ2n) is 5.93. The SMILES string of the molecule is CNc1ncccc1CN1CCC2(CCCC2)C1. The molecular weight excluding hydrogens is 222 g/mol. The fourth-order valence-corrected chi connectivity index (χ4v) is 3.73. The van der Waals surface area contributed by atoms with E-state index in [1.54, 1.807) is 0 Å². The van der Waals surface area contributed by atoms with Crippen molar-refractivity contribution in [2.45, 2.75) is 38.6 Å². The Hall–Kier alpha value is -1.09. The Morgan fingerprint density at radius 2 is 2.17 bits per heavy atom. The van der Waals surface area contributed by atoms with Gasteiger partial charge >= 0.3 is 0 Å². The molecule has 0 atom stereocenters. The maximum Gasteiger partial charge on any atom is 0.130 e. The first-order chi connectivity index (χ1) is 8.81. The monoisotopic (exact) mass is 245 g/mol. The number of rotatable bonds is 3. The summed E-state index contributed by atoms with van der Waals surface area (Å²) in [5.74, 6) is 1.03. The summed E-state index contributed by atoms with van der Waals surface area (Å²) in [6, 6.07) is 4.23. The lowest BCUT2D eigenvalue weighted by molar-refractivity contribution is 0.256. The minimum atomic E-state index is 0.669. The van der Waals surface area contributed by atoms with E-state index in [9.17, 15) is 0 Å². The number of hydrogen-bond donors (Lipinski definition) is 1. The largest absolute Gasteiger partial charge is 0.373 e. The second-order valence-corrected chi connectivity index (χ2v) is 5.93. The number of aromatic nitrogens is 1. The third kappa shape index (κ3) is 2.24. The van der Waals surface area contributed by atoms with Crippen LogP contribution in [0.2, 0.25) is 0 Å². The Balaban J connectivity index is 1.67. The molecule has 3 nitrogen and oxygen atoms in total. The van der Waals surface area contributed by atoms with Crippen LogP contribution in [0.1, 0.15) is 37.7 Å². The molecule has 0 amide bonds. The van der Waals surface area contributed by atoms with Crippen LogP contribution in [-0.4, -0.2) is 30.0 Å². The first kappa shape index (κ1) is 12.0. The van der Waals surface area contributed by atoms with Crippen LogP contribution in [0.25, 0.3) is 0 Å². The maximum absolute atomic E-state index is 4.39. The van der Waals surface area contributed by atoms with Gasteiger partial charge in [-0.05, 0) is 37.3 Å². The molecule has 2 fully saturated rings. The van der Waals surface area contributed by atoms with Crippen LogP contribution in [0.3, 0.4) is 0 Å². The molecule has 1 aromatic rings. The summed E-state index contributed by atoms with van der Waals surface area (Å²) in [6.45, 7) is 3.61. The standard InChI is InChI=1S/C15H23N3/c1-16-14-13(5-4-9-17-14)11-18-10-8-15(12-18)6-2-3-7-15/h4-5,9H,2-3,6-8,10-12H2,1H3,(H,16,17). The molecule has 2 heterocycles. The minimum absolute atomic E-state index is 0.669. The molecular formula is C15H23N3. The molecule has 0 bridgehead atoms. The molecule has 1 saturated heterocycles. The van der Waals surface area contributed by atoms with Crippen LogP contribution in [0.15, 0.2) is 18.3 Å². The number of likely N-dealkylation sites (tertiary alicyclic amines) is 1. The fourth-order valence-electron chi connectivity index (χ4n) is 3.73. The molecule has 1 spiro atoms. The lowest BCUT2D eigenvalue weighted by Crippen LogP contribution is -2.25. The lowest BCUT2D eigenvalue weighted by atomic mass is 9.86. The van der Waals surface area contributed by atoms with E-state index in [0.29, 0.717) is 5.41 Å². The summed E-state index contributed by atoms with van der Waals surface area (Å²) in [5.41, 5.74) is 2.00. The normalized spacial score (nSPS) is 22.7. The van der Waals surface area contributed by atoms with Crippen molar-refractivity contribution >= 4 is 5.82 Å². The van der Waals surface area contributed by atoms with E-state index >= 15 is 0 Å². The van der Waals surface area contributed by atoms with Gasteiger partial charge < -0.3 is 5.32 Å². The predicted molar refractivity (Wildman–Crippen MR) is 74.6 cm³/mol. The fraction of sp³-hybridized carbons (Fsp3) is 0.667. The number of pyridine rings is 1. The lowest BCUT2D eigenvalue weighted by Gasteiger charge is -2.24. The topological polar surface area (TPSA) is 28.2 Å². The molecule has 2 aliphatic rings. The first-order valence-electron chi connectivity index (χ1n) is 7.15. The molecule has 1 aromatic heterocycles. The number of nitrogens with one attached hydrogen (secondary N) is 1. The third-order valence-electron chi connectivity index (χ3n) is 4.70. The van der Waals surface area contributed by atoms with Crippen molar-refractivity contribution in [2.24, 2.45) is 5.41 Å². The van der Waals surface area contributed by atoms with Gasteiger partial charge in [0.1, 0.15) is 5.82 Å². The van der Waals surface area contributed by atoms with Crippen LogP contribution < -0.4 is 5.32 Å². The van der Waals surface area contributed by atoms with E-state index in [1.165, 1.54) is 50.8 Å². The van der Waals surface area contributed by atoms with Crippen molar-refractivity contribution in [1.82, 2.24) is 9.88 Å². The van der Waals surface area contributed by atoms with Gasteiger partial charge in [0.25, 0.3) is 0 Å². The number of nitrogens with zero attached hydrogens (tertiary/aromatic N) is 2. The molecule has 1 aliphatic heterocycles. The smallest absolute Gasteiger partial charge is 0.130 e. The van der Waals surface area contributed by atoms with Crippen molar-refractivity contribution in [2.75, 3.05) is 25.5 Å². The van der Waals surface area contributed by atoms with Gasteiger partial charge in [0.15, 0.2) is 0 Å². The summed E-state index contributed by atoms with van der Waals surface area (Å²) in [5, 5.41) is 3.19. The van der Waals surface area contributed by atoms with E-state index in [1.807, 2.05) is 19.3 Å². The van der Waals surface area contributed by atoms with Crippen molar-refractivity contribution in [3.05, 3.63) is 23.9 Å². The van der Waals surface area contributed by atoms with E-state index < -0.39 is 0 Å². The molecule has 1 aliphatic carbocycles. The molecule has 0 radical (unpaired) electrons. The third-order valence-corrected chi connectivity index (χ3v) is 4.70. The van der Waals surface area contributed by atoms with E-state index in [-0.39, 0.29) is 0 Å². The Labute approximate surface area is 110 Å². The molecule has 98 valence electrons. The molecule has 1 N–H and O–H groups in total. The number of anilines is 1. The van der Waals surface area contributed by atoms with Crippen LogP contribution in [0, 0.1) is 5.41 Å². The molecule has 0 unspecified atom stereocenters. The van der Waals surface area contributed by atoms with Crippen LogP contribution >= 0.6 is 0 Å². The van der Waals surface area contributed by atoms with Gasteiger partial charge in [-0.2, -0.15) is 0 Å². The summed E-state index contributed by atoms with van der Waals surface area (Å²) >= 11 is 0. The average Bonchev–Trinajstić information content (AvgIpc) is 3.01. The maximum atomic E-state index is 4.39. The summed E-state index contributed by atoms with van der Waals surface area (Å²) in [6.07, 6.45) is 9.07. The molecule has 3 heteroatoms. The predicted octanol–water partition coefficient (Wildman–Crippen LogP) is 2.89. The first-order valence-corrected chi connectivity index (χ1v) is 7.15. The highest BCUT2D eigenvalue weighted by Crippen LogP contribution is 2.45. The zero-order chi connectivity index (χ0) is 12.4. The Morgan fingerprint density at radius 1 is 1.33 bits per heavy atom. The zero-order valence-electron chi connectivity index (χ0n) is 11.3. The van der Waals surface area contributed by atoms with E-state index in [4.69, 9.17) is 0 Å². The van der Waals surface area contributed by atoms with Crippen molar-refractivity contribution in [1.29, 1.82) is 0 Å². The van der Waals surface area contributed by atoms with Crippen LogP contribution in [0.5, 0.6) is 0 Å². The van der Waals surface area contributed by atoms with E-state index in [0.717, 1.165) is 12.4 Å². The summed E-state index contributed by atoms with van der Waals surface area (Å²) in [4.78, 5) is 7.00. The molecule has 3 rings (SSSR count). The Bertz CT molecular complexity index is 410. The van der Waals surface area contributed by atoms with Gasteiger partial charge in [0, 0.05) is 31.9 Å². The highest BCUT2D eigenvalue weighted by atomic mass is 15.2. The van der Waals surface area contributed by atoms with Crippen molar-refractivity contribution in [3.63, 3.8) is 0 Å². The summed E-state index contributed by atoms with van der Waals surface area (Å²) in [7, 11) is 1.95. The number of hydrogen-bond acceptors (Lipinski definition) is 3. The average molecular weight is 245 g/mol. The van der Waals surface area contributed by atoms with E-state index in [2.05, 4.69) is 21.3 Å². The highest BCUT2D eigenvalue weighted by molar-refractivity contribution is 5.42. The van der Waals surface area contributed by atoms with Gasteiger partial charge in [-0.3, -0.25) is 4.90 Å². The van der Waals surface area contributed by atoms with Gasteiger partial charge in [-0.15, -0.1) is 0 Å². The zero-order valence-corrected chi connectivity index (χ0v) is 11.3. The van der Waals surface area contributed by atoms with Crippen LogP contribution in [0.4, 0.5) is 5.82 Å². The van der Waals surface area contributed by atoms with Gasteiger partial charge in [0.2, 0.25) is 0 Å².